The lowest BCUT2D eigenvalue weighted by Crippen LogP contribution is -2.24. The van der Waals surface area contributed by atoms with Crippen LogP contribution in [0.1, 0.15) is 80.6 Å². The Bertz CT molecular complexity index is 930. The van der Waals surface area contributed by atoms with Crippen LogP contribution in [0.5, 0.6) is 11.5 Å². The summed E-state index contributed by atoms with van der Waals surface area (Å²) in [6.45, 7) is 3.18. The molecule has 0 spiro atoms. The lowest BCUT2D eigenvalue weighted by molar-refractivity contribution is 0.0953. The van der Waals surface area contributed by atoms with Gasteiger partial charge in [0, 0.05) is 12.1 Å². The summed E-state index contributed by atoms with van der Waals surface area (Å²) in [7, 11) is -5.05. The van der Waals surface area contributed by atoms with Gasteiger partial charge in [0.25, 0.3) is 5.91 Å². The Balaban J connectivity index is 1.63. The molecule has 0 radical (unpaired) electrons. The quantitative estimate of drug-likeness (QED) is 0.232. The molecule has 1 N–H and O–H groups in total. The Morgan fingerprint density at radius 3 is 1.94 bits per heavy atom. The van der Waals surface area contributed by atoms with Crippen molar-refractivity contribution in [2.45, 2.75) is 71.3 Å². The number of hydrogen-bond donors (Lipinski definition) is 1. The van der Waals surface area contributed by atoms with E-state index in [1.807, 2.05) is 12.1 Å². The second-order valence-corrected chi connectivity index (χ2v) is 8.97. The second-order valence-electron chi connectivity index (χ2n) is 8.02. The van der Waals surface area contributed by atoms with E-state index in [-0.39, 0.29) is 18.3 Å². The molecule has 0 aromatic heterocycles. The zero-order chi connectivity index (χ0) is 23.9. The predicted octanol–water partition coefficient (Wildman–Crippen LogP) is 6.12. The fourth-order valence-electron chi connectivity index (χ4n) is 3.37. The van der Waals surface area contributed by atoms with Gasteiger partial charge in [0.15, 0.2) is 0 Å². The smallest absolute Gasteiger partial charge is 0.488 e. The van der Waals surface area contributed by atoms with E-state index in [0.717, 1.165) is 18.4 Å². The molecule has 2 aromatic carbocycles. The van der Waals surface area contributed by atoms with Crippen LogP contribution in [-0.4, -0.2) is 20.9 Å². The number of ether oxygens (including phenoxy) is 1. The SMILES string of the molecule is CCCCCCCCCCCNC(=O)c1ccc(COc2ccc(OS(=O)(=O)F)cc2)cc1. The maximum atomic E-state index is 12.5. The van der Waals surface area contributed by atoms with Gasteiger partial charge in [0.05, 0.1) is 0 Å². The van der Waals surface area contributed by atoms with Gasteiger partial charge in [-0.25, -0.2) is 0 Å². The standard InChI is InChI=1S/C25H34FNO5S/c1-2-3-4-5-6-7-8-9-10-19-27-25(28)22-13-11-21(12-14-22)20-31-23-15-17-24(18-16-23)32-33(26,29)30/h11-18H,2-10,19-20H2,1H3,(H,27,28). The molecule has 0 saturated carbocycles. The summed E-state index contributed by atoms with van der Waals surface area (Å²) in [6.07, 6.45) is 11.2. The van der Waals surface area contributed by atoms with Crippen molar-refractivity contribution in [2.75, 3.05) is 6.54 Å². The minimum atomic E-state index is -5.05. The molecular weight excluding hydrogens is 445 g/mol. The molecule has 0 aliphatic rings. The van der Waals surface area contributed by atoms with Crippen molar-refractivity contribution in [2.24, 2.45) is 0 Å². The summed E-state index contributed by atoms with van der Waals surface area (Å²) in [6, 6.07) is 12.7. The molecule has 0 saturated heterocycles. The van der Waals surface area contributed by atoms with E-state index in [2.05, 4.69) is 16.4 Å². The van der Waals surface area contributed by atoms with Crippen LogP contribution in [0, 0.1) is 0 Å². The van der Waals surface area contributed by atoms with Crippen molar-refractivity contribution in [3.63, 3.8) is 0 Å². The Hall–Kier alpha value is -2.61. The summed E-state index contributed by atoms with van der Waals surface area (Å²) >= 11 is 0. The summed E-state index contributed by atoms with van der Waals surface area (Å²) < 4.78 is 43.2. The Kier molecular flexibility index (Phi) is 11.7. The second kappa shape index (κ2) is 14.5. The Morgan fingerprint density at radius 1 is 0.818 bits per heavy atom. The van der Waals surface area contributed by atoms with E-state index in [1.165, 1.54) is 69.2 Å². The van der Waals surface area contributed by atoms with Crippen LogP contribution in [0.2, 0.25) is 0 Å². The average molecular weight is 480 g/mol. The van der Waals surface area contributed by atoms with Crippen molar-refractivity contribution in [3.05, 3.63) is 59.7 Å². The lowest BCUT2D eigenvalue weighted by atomic mass is 10.1. The maximum absolute atomic E-state index is 12.5. The van der Waals surface area contributed by atoms with Crippen LogP contribution in [0.25, 0.3) is 0 Å². The maximum Gasteiger partial charge on any atom is 0.488 e. The van der Waals surface area contributed by atoms with Crippen molar-refractivity contribution in [1.29, 1.82) is 0 Å². The van der Waals surface area contributed by atoms with Gasteiger partial charge in [-0.15, -0.1) is 0 Å². The number of benzene rings is 2. The number of halogens is 1. The van der Waals surface area contributed by atoms with Gasteiger partial charge in [-0.3, -0.25) is 4.79 Å². The number of carbonyl (C=O) groups excluding carboxylic acids is 1. The number of hydrogen-bond acceptors (Lipinski definition) is 5. The van der Waals surface area contributed by atoms with Crippen LogP contribution in [0.4, 0.5) is 3.89 Å². The van der Waals surface area contributed by atoms with Crippen LogP contribution >= 0.6 is 0 Å². The van der Waals surface area contributed by atoms with E-state index in [0.29, 0.717) is 17.9 Å². The Labute approximate surface area is 196 Å². The zero-order valence-electron chi connectivity index (χ0n) is 19.2. The molecule has 0 bridgehead atoms. The molecule has 2 rings (SSSR count). The fraction of sp³-hybridized carbons (Fsp3) is 0.480. The van der Waals surface area contributed by atoms with Gasteiger partial charge in [-0.1, -0.05) is 74.3 Å². The van der Waals surface area contributed by atoms with E-state index in [9.17, 15) is 17.1 Å². The van der Waals surface area contributed by atoms with Crippen LogP contribution in [0.15, 0.2) is 48.5 Å². The minimum absolute atomic E-state index is 0.0829. The van der Waals surface area contributed by atoms with Gasteiger partial charge < -0.3 is 14.2 Å². The summed E-state index contributed by atoms with van der Waals surface area (Å²) in [5, 5.41) is 2.96. The molecule has 1 amide bonds. The normalized spacial score (nSPS) is 11.2. The van der Waals surface area contributed by atoms with Crippen molar-refractivity contribution >= 4 is 16.4 Å². The van der Waals surface area contributed by atoms with Crippen LogP contribution < -0.4 is 14.2 Å². The first-order chi connectivity index (χ1) is 15.9. The molecule has 0 fully saturated rings. The first-order valence-electron chi connectivity index (χ1n) is 11.6. The number of nitrogens with one attached hydrogen (secondary N) is 1. The fourth-order valence-corrected chi connectivity index (χ4v) is 3.71. The molecule has 0 atom stereocenters. The zero-order valence-corrected chi connectivity index (χ0v) is 20.0. The topological polar surface area (TPSA) is 81.7 Å². The van der Waals surface area contributed by atoms with Crippen LogP contribution in [0.3, 0.4) is 0 Å². The third-order valence-corrected chi connectivity index (χ3v) is 5.60. The third-order valence-electron chi connectivity index (χ3n) is 5.21. The number of unbranched alkanes of at least 4 members (excludes halogenated alkanes) is 8. The highest BCUT2D eigenvalue weighted by atomic mass is 32.3. The van der Waals surface area contributed by atoms with Gasteiger partial charge in [-0.2, -0.15) is 8.42 Å². The lowest BCUT2D eigenvalue weighted by Gasteiger charge is -2.09. The molecule has 6 nitrogen and oxygen atoms in total. The largest absolute Gasteiger partial charge is 0.489 e. The van der Waals surface area contributed by atoms with E-state index in [1.54, 1.807) is 12.1 Å². The molecule has 33 heavy (non-hydrogen) atoms. The average Bonchev–Trinajstić information content (AvgIpc) is 2.79. The molecule has 2 aromatic rings. The summed E-state index contributed by atoms with van der Waals surface area (Å²) in [4.78, 5) is 12.3. The third kappa shape index (κ3) is 11.7. The van der Waals surface area contributed by atoms with E-state index in [4.69, 9.17) is 4.74 Å². The number of amides is 1. The number of rotatable bonds is 16. The van der Waals surface area contributed by atoms with Gasteiger partial charge in [-0.05, 0) is 48.4 Å². The van der Waals surface area contributed by atoms with E-state index < -0.39 is 10.5 Å². The molecule has 0 aliphatic carbocycles. The molecule has 0 heterocycles. The highest BCUT2D eigenvalue weighted by molar-refractivity contribution is 7.81. The molecule has 8 heteroatoms. The van der Waals surface area contributed by atoms with Gasteiger partial charge in [0.2, 0.25) is 0 Å². The molecule has 0 aliphatic heterocycles. The molecule has 182 valence electrons. The summed E-state index contributed by atoms with van der Waals surface area (Å²) in [5.41, 5.74) is 1.47. The van der Waals surface area contributed by atoms with Crippen LogP contribution in [-0.2, 0) is 17.1 Å². The van der Waals surface area contributed by atoms with Gasteiger partial charge >= 0.3 is 10.5 Å². The van der Waals surface area contributed by atoms with Gasteiger partial charge in [0.1, 0.15) is 18.1 Å². The number of carbonyl (C=O) groups is 1. The Morgan fingerprint density at radius 2 is 1.36 bits per heavy atom. The first kappa shape index (κ1) is 26.6. The highest BCUT2D eigenvalue weighted by Gasteiger charge is 2.09. The highest BCUT2D eigenvalue weighted by Crippen LogP contribution is 2.20. The molecule has 0 unspecified atom stereocenters. The van der Waals surface area contributed by atoms with E-state index >= 15 is 0 Å². The van der Waals surface area contributed by atoms with Crippen molar-refractivity contribution in [1.82, 2.24) is 5.32 Å². The monoisotopic (exact) mass is 479 g/mol. The van der Waals surface area contributed by atoms with Crippen molar-refractivity contribution in [3.8, 4) is 11.5 Å². The molecular formula is C25H34FNO5S. The first-order valence-corrected chi connectivity index (χ1v) is 12.9. The summed E-state index contributed by atoms with van der Waals surface area (Å²) in [5.74, 6) is 0.254. The minimum Gasteiger partial charge on any atom is -0.489 e. The predicted molar refractivity (Wildman–Crippen MR) is 127 cm³/mol. The van der Waals surface area contributed by atoms with Crippen molar-refractivity contribution < 1.29 is 26.0 Å².